The van der Waals surface area contributed by atoms with Gasteiger partial charge in [0, 0.05) is 10.9 Å². The molecular weight excluding hydrogens is 401 g/mol. The van der Waals surface area contributed by atoms with Crippen LogP contribution in [0, 0.1) is 5.92 Å². The molecule has 0 saturated carbocycles. The molecule has 2 aromatic carbocycles. The number of halogens is 3. The quantitative estimate of drug-likeness (QED) is 0.512. The molecule has 160 valence electrons. The number of alkyl halides is 3. The summed E-state index contributed by atoms with van der Waals surface area (Å²) >= 11 is 0. The number of fused-ring (bicyclic) bond motifs is 1. The van der Waals surface area contributed by atoms with E-state index in [4.69, 9.17) is 9.47 Å². The second-order valence-corrected chi connectivity index (χ2v) is 7.09. The molecule has 0 aliphatic heterocycles. The van der Waals surface area contributed by atoms with Crippen LogP contribution in [-0.4, -0.2) is 35.8 Å². The van der Waals surface area contributed by atoms with E-state index in [2.05, 4.69) is 9.84 Å². The van der Waals surface area contributed by atoms with Crippen LogP contribution >= 0.6 is 0 Å². The topological polar surface area (TPSA) is 62.6 Å². The molecule has 3 rings (SSSR count). The number of carbonyl (C=O) groups excluding carboxylic acids is 1. The Hall–Kier alpha value is -3.23. The molecule has 9 heteroatoms. The Kier molecular flexibility index (Phi) is 6.19. The number of esters is 1. The van der Waals surface area contributed by atoms with E-state index in [0.29, 0.717) is 34.4 Å². The lowest BCUT2D eigenvalue weighted by Crippen LogP contribution is -2.17. The van der Waals surface area contributed by atoms with E-state index in [9.17, 15) is 18.0 Å². The first-order valence-electron chi connectivity index (χ1n) is 9.21. The molecule has 0 N–H and O–H groups in total. The van der Waals surface area contributed by atoms with E-state index in [0.717, 1.165) is 0 Å². The molecule has 6 nitrogen and oxygen atoms in total. The maximum absolute atomic E-state index is 12.6. The fourth-order valence-electron chi connectivity index (χ4n) is 2.89. The Bertz CT molecular complexity index is 1040. The van der Waals surface area contributed by atoms with Crippen LogP contribution in [0.25, 0.3) is 10.9 Å². The van der Waals surface area contributed by atoms with Crippen molar-refractivity contribution in [1.82, 2.24) is 9.78 Å². The Morgan fingerprint density at radius 1 is 1.17 bits per heavy atom. The third-order valence-corrected chi connectivity index (χ3v) is 4.22. The number of rotatable bonds is 7. The minimum Gasteiger partial charge on any atom is -0.493 e. The molecule has 1 heterocycles. The van der Waals surface area contributed by atoms with Crippen LogP contribution in [0.4, 0.5) is 13.2 Å². The maximum atomic E-state index is 12.6. The zero-order valence-electron chi connectivity index (χ0n) is 16.7. The first-order valence-corrected chi connectivity index (χ1v) is 9.21. The van der Waals surface area contributed by atoms with Gasteiger partial charge in [-0.15, -0.1) is 13.2 Å². The van der Waals surface area contributed by atoms with Gasteiger partial charge in [0.1, 0.15) is 11.5 Å². The zero-order valence-corrected chi connectivity index (χ0v) is 16.7. The van der Waals surface area contributed by atoms with Gasteiger partial charge in [-0.3, -0.25) is 4.68 Å². The Labute approximate surface area is 171 Å². The molecule has 0 bridgehead atoms. The van der Waals surface area contributed by atoms with Crippen molar-refractivity contribution in [3.05, 3.63) is 53.7 Å². The van der Waals surface area contributed by atoms with E-state index in [1.807, 2.05) is 13.8 Å². The first-order chi connectivity index (χ1) is 14.2. The Morgan fingerprint density at radius 2 is 1.93 bits per heavy atom. The zero-order chi connectivity index (χ0) is 21.9. The summed E-state index contributed by atoms with van der Waals surface area (Å²) in [6, 6.07) is 8.92. The molecule has 0 aliphatic rings. The average molecular weight is 422 g/mol. The number of ether oxygens (including phenoxy) is 3. The number of carbonyl (C=O) groups is 1. The summed E-state index contributed by atoms with van der Waals surface area (Å²) < 4.78 is 54.1. The number of hydrogen-bond donors (Lipinski definition) is 0. The lowest BCUT2D eigenvalue weighted by molar-refractivity contribution is -0.274. The fourth-order valence-corrected chi connectivity index (χ4v) is 2.89. The van der Waals surface area contributed by atoms with Crippen LogP contribution in [0.5, 0.6) is 11.5 Å². The van der Waals surface area contributed by atoms with E-state index in [1.165, 1.54) is 25.3 Å². The minimum atomic E-state index is -4.79. The lowest BCUT2D eigenvalue weighted by Gasteiger charge is -2.16. The third-order valence-electron chi connectivity index (χ3n) is 4.22. The maximum Gasteiger partial charge on any atom is 0.573 e. The second kappa shape index (κ2) is 8.64. The van der Waals surface area contributed by atoms with Gasteiger partial charge in [-0.25, -0.2) is 4.79 Å². The molecule has 0 spiro atoms. The molecule has 30 heavy (non-hydrogen) atoms. The van der Waals surface area contributed by atoms with E-state index in [1.54, 1.807) is 29.1 Å². The smallest absolute Gasteiger partial charge is 0.493 e. The molecule has 0 atom stereocenters. The highest BCUT2D eigenvalue weighted by atomic mass is 19.4. The van der Waals surface area contributed by atoms with Gasteiger partial charge < -0.3 is 14.2 Å². The fraction of sp³-hybridized carbons (Fsp3) is 0.333. The number of aromatic nitrogens is 2. The van der Waals surface area contributed by atoms with Gasteiger partial charge in [-0.1, -0.05) is 13.8 Å². The van der Waals surface area contributed by atoms with Crippen LogP contribution in [0.1, 0.15) is 29.8 Å². The summed E-state index contributed by atoms with van der Waals surface area (Å²) in [6.45, 7) is 4.51. The second-order valence-electron chi connectivity index (χ2n) is 7.09. The first kappa shape index (κ1) is 21.5. The predicted octanol–water partition coefficient (Wildman–Crippen LogP) is 4.80. The molecule has 0 saturated heterocycles. The molecular formula is C21H21F3N2O4. The van der Waals surface area contributed by atoms with Gasteiger partial charge in [-0.05, 0) is 42.3 Å². The van der Waals surface area contributed by atoms with Crippen molar-refractivity contribution in [2.45, 2.75) is 26.8 Å². The molecule has 1 aromatic heterocycles. The molecule has 3 aromatic rings. The highest BCUT2D eigenvalue weighted by Crippen LogP contribution is 2.30. The van der Waals surface area contributed by atoms with E-state index < -0.39 is 12.3 Å². The van der Waals surface area contributed by atoms with E-state index in [-0.39, 0.29) is 18.2 Å². The summed E-state index contributed by atoms with van der Waals surface area (Å²) in [7, 11) is 1.30. The number of benzene rings is 2. The largest absolute Gasteiger partial charge is 0.573 e. The molecule has 0 radical (unpaired) electrons. The van der Waals surface area contributed by atoms with Crippen molar-refractivity contribution in [2.75, 3.05) is 13.7 Å². The van der Waals surface area contributed by atoms with Crippen molar-refractivity contribution in [2.24, 2.45) is 5.92 Å². The minimum absolute atomic E-state index is 0.156. The van der Waals surface area contributed by atoms with Crippen LogP contribution < -0.4 is 9.47 Å². The highest BCUT2D eigenvalue weighted by molar-refractivity contribution is 5.94. The van der Waals surface area contributed by atoms with Crippen molar-refractivity contribution in [3.8, 4) is 11.5 Å². The number of hydrogen-bond acceptors (Lipinski definition) is 5. The van der Waals surface area contributed by atoms with Crippen molar-refractivity contribution < 1.29 is 32.2 Å². The van der Waals surface area contributed by atoms with Gasteiger partial charge >= 0.3 is 12.3 Å². The number of nitrogens with zero attached hydrogens (tertiary/aromatic N) is 2. The SMILES string of the molecule is COC(=O)c1ccc2c(cnn2Cc2cc(OC(F)(F)F)ccc2OCC(C)C)c1. The van der Waals surface area contributed by atoms with Gasteiger partial charge in [0.25, 0.3) is 0 Å². The van der Waals surface area contributed by atoms with Gasteiger partial charge in [-0.2, -0.15) is 5.10 Å². The molecule has 0 amide bonds. The average Bonchev–Trinajstić information content (AvgIpc) is 3.07. The van der Waals surface area contributed by atoms with Crippen molar-refractivity contribution in [3.63, 3.8) is 0 Å². The summed E-state index contributed by atoms with van der Waals surface area (Å²) in [6.07, 6.45) is -3.22. The van der Waals surface area contributed by atoms with Gasteiger partial charge in [0.05, 0.1) is 37.5 Å². The Morgan fingerprint density at radius 3 is 2.60 bits per heavy atom. The van der Waals surface area contributed by atoms with Crippen LogP contribution in [0.15, 0.2) is 42.6 Å². The standard InChI is InChI=1S/C21H21F3N2O4/c1-13(2)12-29-19-7-5-17(30-21(22,23)24)9-16(19)11-26-18-6-4-14(20(27)28-3)8-15(18)10-25-26/h4-10,13H,11-12H2,1-3H3. The monoisotopic (exact) mass is 422 g/mol. The molecule has 0 aliphatic carbocycles. The molecule has 0 unspecified atom stereocenters. The normalized spacial score (nSPS) is 11.7. The molecule has 0 fully saturated rings. The van der Waals surface area contributed by atoms with Crippen LogP contribution in [0.3, 0.4) is 0 Å². The summed E-state index contributed by atoms with van der Waals surface area (Å²) in [4.78, 5) is 11.7. The lowest BCUT2D eigenvalue weighted by atomic mass is 10.1. The number of methoxy groups -OCH3 is 1. The summed E-state index contributed by atoms with van der Waals surface area (Å²) in [5.74, 6) is -0.107. The summed E-state index contributed by atoms with van der Waals surface area (Å²) in [5.41, 5.74) is 1.57. The Balaban J connectivity index is 1.94. The van der Waals surface area contributed by atoms with Crippen molar-refractivity contribution >= 4 is 16.9 Å². The van der Waals surface area contributed by atoms with Gasteiger partial charge in [0.2, 0.25) is 0 Å². The van der Waals surface area contributed by atoms with E-state index >= 15 is 0 Å². The van der Waals surface area contributed by atoms with Crippen LogP contribution in [0.2, 0.25) is 0 Å². The summed E-state index contributed by atoms with van der Waals surface area (Å²) in [5, 5.41) is 5.00. The van der Waals surface area contributed by atoms with Gasteiger partial charge in [0.15, 0.2) is 0 Å². The third kappa shape index (κ3) is 5.22. The predicted molar refractivity (Wildman–Crippen MR) is 104 cm³/mol. The van der Waals surface area contributed by atoms with Crippen molar-refractivity contribution in [1.29, 1.82) is 0 Å². The van der Waals surface area contributed by atoms with Crippen LogP contribution in [-0.2, 0) is 11.3 Å². The highest BCUT2D eigenvalue weighted by Gasteiger charge is 2.31.